The Balaban J connectivity index is 1.46. The van der Waals surface area contributed by atoms with E-state index in [-0.39, 0.29) is 12.0 Å². The molecule has 0 bridgehead atoms. The van der Waals surface area contributed by atoms with E-state index in [1.165, 1.54) is 16.9 Å². The largest absolute Gasteiger partial charge is 0.361 e. The van der Waals surface area contributed by atoms with Gasteiger partial charge in [0.05, 0.1) is 4.88 Å². The molecule has 3 aromatic rings. The summed E-state index contributed by atoms with van der Waals surface area (Å²) in [5, 5.41) is 4.05. The molecule has 1 aromatic carbocycles. The molecular formula is C19H20N2O3S2. The summed E-state index contributed by atoms with van der Waals surface area (Å²) < 4.78 is 33.8. The number of rotatable bonds is 7. The molecule has 2 atom stereocenters. The Morgan fingerprint density at radius 1 is 1.23 bits per heavy atom. The maximum atomic E-state index is 12.7. The SMILES string of the molecule is CCCc1cc(-c2ccc(S(=O)(=O)N[C@H]3C[C@@H]3c3ccccc3)s2)no1. The van der Waals surface area contributed by atoms with Crippen molar-refractivity contribution in [2.24, 2.45) is 0 Å². The number of nitrogens with zero attached hydrogens (tertiary/aromatic N) is 1. The first kappa shape index (κ1) is 17.5. The summed E-state index contributed by atoms with van der Waals surface area (Å²) in [6.07, 6.45) is 2.64. The van der Waals surface area contributed by atoms with E-state index in [0.717, 1.165) is 29.9 Å². The van der Waals surface area contributed by atoms with Gasteiger partial charge < -0.3 is 4.52 Å². The number of hydrogen-bond donors (Lipinski definition) is 1. The minimum atomic E-state index is -3.52. The van der Waals surface area contributed by atoms with Crippen LogP contribution in [0.15, 0.2) is 57.3 Å². The molecule has 1 N–H and O–H groups in total. The molecule has 0 saturated heterocycles. The van der Waals surface area contributed by atoms with Crippen molar-refractivity contribution in [1.82, 2.24) is 9.88 Å². The van der Waals surface area contributed by atoms with Crippen LogP contribution in [0.4, 0.5) is 0 Å². The number of thiophene rings is 1. The summed E-state index contributed by atoms with van der Waals surface area (Å²) in [7, 11) is -3.52. The lowest BCUT2D eigenvalue weighted by Crippen LogP contribution is -2.26. The van der Waals surface area contributed by atoms with Crippen LogP contribution in [0.5, 0.6) is 0 Å². The van der Waals surface area contributed by atoms with Gasteiger partial charge in [-0.2, -0.15) is 0 Å². The van der Waals surface area contributed by atoms with E-state index in [9.17, 15) is 8.42 Å². The first-order chi connectivity index (χ1) is 12.6. The van der Waals surface area contributed by atoms with Crippen molar-refractivity contribution in [3.05, 3.63) is 59.9 Å². The van der Waals surface area contributed by atoms with E-state index in [1.807, 2.05) is 36.4 Å². The van der Waals surface area contributed by atoms with Crippen LogP contribution in [0.1, 0.15) is 37.0 Å². The second-order valence-electron chi connectivity index (χ2n) is 6.53. The van der Waals surface area contributed by atoms with Crippen molar-refractivity contribution in [2.45, 2.75) is 42.4 Å². The predicted molar refractivity (Wildman–Crippen MR) is 102 cm³/mol. The summed E-state index contributed by atoms with van der Waals surface area (Å²) >= 11 is 1.22. The first-order valence-electron chi connectivity index (χ1n) is 8.70. The van der Waals surface area contributed by atoms with Gasteiger partial charge in [-0.25, -0.2) is 13.1 Å². The second-order valence-corrected chi connectivity index (χ2v) is 9.55. The van der Waals surface area contributed by atoms with Gasteiger partial charge in [-0.3, -0.25) is 0 Å². The molecule has 26 heavy (non-hydrogen) atoms. The molecule has 0 unspecified atom stereocenters. The number of benzene rings is 1. The number of aryl methyl sites for hydroxylation is 1. The molecule has 136 valence electrons. The normalized spacial score (nSPS) is 19.6. The lowest BCUT2D eigenvalue weighted by atomic mass is 10.1. The van der Waals surface area contributed by atoms with Crippen molar-refractivity contribution in [3.8, 4) is 10.6 Å². The highest BCUT2D eigenvalue weighted by atomic mass is 32.2. The summed E-state index contributed by atoms with van der Waals surface area (Å²) in [4.78, 5) is 0.798. The highest BCUT2D eigenvalue weighted by Crippen LogP contribution is 2.42. The number of aromatic nitrogens is 1. The van der Waals surface area contributed by atoms with Crippen molar-refractivity contribution in [3.63, 3.8) is 0 Å². The minimum absolute atomic E-state index is 0.0313. The smallest absolute Gasteiger partial charge is 0.250 e. The molecule has 4 rings (SSSR count). The fourth-order valence-corrected chi connectivity index (χ4v) is 5.61. The fraction of sp³-hybridized carbons (Fsp3) is 0.316. The summed E-state index contributed by atoms with van der Waals surface area (Å²) in [6, 6.07) is 15.3. The standard InChI is InChI=1S/C19H20N2O3S2/c1-2-6-14-11-17(20-24-14)18-9-10-19(25-18)26(22,23)21-16-12-15(16)13-7-4-3-5-8-13/h3-5,7-11,15-16,21H,2,6,12H2,1H3/t15-,16+/m1/s1. The minimum Gasteiger partial charge on any atom is -0.361 e. The van der Waals surface area contributed by atoms with Crippen LogP contribution in [0.3, 0.4) is 0 Å². The lowest BCUT2D eigenvalue weighted by Gasteiger charge is -2.04. The number of nitrogens with one attached hydrogen (secondary N) is 1. The quantitative estimate of drug-likeness (QED) is 0.659. The van der Waals surface area contributed by atoms with Crippen LogP contribution >= 0.6 is 11.3 Å². The molecule has 0 radical (unpaired) electrons. The topological polar surface area (TPSA) is 72.2 Å². The van der Waals surface area contributed by atoms with E-state index < -0.39 is 10.0 Å². The van der Waals surface area contributed by atoms with E-state index in [0.29, 0.717) is 9.90 Å². The summed E-state index contributed by atoms with van der Waals surface area (Å²) in [6.45, 7) is 2.07. The third kappa shape index (κ3) is 3.60. The van der Waals surface area contributed by atoms with Gasteiger partial charge in [-0.15, -0.1) is 11.3 Å². The van der Waals surface area contributed by atoms with Gasteiger partial charge in [0.15, 0.2) is 0 Å². The highest BCUT2D eigenvalue weighted by molar-refractivity contribution is 7.91. The summed E-state index contributed by atoms with van der Waals surface area (Å²) in [5.74, 6) is 1.08. The van der Waals surface area contributed by atoms with E-state index in [4.69, 9.17) is 4.52 Å². The summed E-state index contributed by atoms with van der Waals surface area (Å²) in [5.41, 5.74) is 1.87. The molecular weight excluding hydrogens is 368 g/mol. The molecule has 0 spiro atoms. The molecule has 1 fully saturated rings. The monoisotopic (exact) mass is 388 g/mol. The van der Waals surface area contributed by atoms with Gasteiger partial charge in [0, 0.05) is 24.4 Å². The first-order valence-corrected chi connectivity index (χ1v) is 11.0. The average molecular weight is 389 g/mol. The van der Waals surface area contributed by atoms with Crippen molar-refractivity contribution >= 4 is 21.4 Å². The van der Waals surface area contributed by atoms with Crippen molar-refractivity contribution in [1.29, 1.82) is 0 Å². The zero-order valence-corrected chi connectivity index (χ0v) is 16.0. The van der Waals surface area contributed by atoms with Gasteiger partial charge in [0.25, 0.3) is 0 Å². The maximum Gasteiger partial charge on any atom is 0.250 e. The molecule has 0 amide bonds. The highest BCUT2D eigenvalue weighted by Gasteiger charge is 2.41. The van der Waals surface area contributed by atoms with Crippen LogP contribution in [0.2, 0.25) is 0 Å². The zero-order valence-electron chi connectivity index (χ0n) is 14.4. The molecule has 1 aliphatic carbocycles. The van der Waals surface area contributed by atoms with Crippen LogP contribution in [-0.2, 0) is 16.4 Å². The van der Waals surface area contributed by atoms with Crippen LogP contribution in [0, 0.1) is 0 Å². The Labute approximate surface area is 157 Å². The molecule has 1 aliphatic rings. The van der Waals surface area contributed by atoms with Crippen LogP contribution in [0.25, 0.3) is 10.6 Å². The Hall–Kier alpha value is -1.96. The number of sulfonamides is 1. The fourth-order valence-electron chi connectivity index (χ4n) is 3.05. The van der Waals surface area contributed by atoms with Crippen molar-refractivity contribution < 1.29 is 12.9 Å². The Bertz CT molecular complexity index is 993. The Kier molecular flexibility index (Phi) is 4.69. The molecule has 2 aromatic heterocycles. The molecule has 5 nitrogen and oxygen atoms in total. The maximum absolute atomic E-state index is 12.7. The van der Waals surface area contributed by atoms with Crippen LogP contribution in [-0.4, -0.2) is 19.6 Å². The van der Waals surface area contributed by atoms with E-state index in [2.05, 4.69) is 16.8 Å². The van der Waals surface area contributed by atoms with Gasteiger partial charge in [-0.05, 0) is 30.5 Å². The van der Waals surface area contributed by atoms with Gasteiger partial charge in [0.1, 0.15) is 15.7 Å². The third-order valence-corrected chi connectivity index (χ3v) is 7.57. The third-order valence-electron chi connectivity index (χ3n) is 4.48. The molecule has 2 heterocycles. The zero-order chi connectivity index (χ0) is 18.1. The van der Waals surface area contributed by atoms with Crippen molar-refractivity contribution in [2.75, 3.05) is 0 Å². The van der Waals surface area contributed by atoms with Gasteiger partial charge >= 0.3 is 0 Å². The second kappa shape index (κ2) is 6.98. The predicted octanol–water partition coefficient (Wildman–Crippen LogP) is 4.19. The van der Waals surface area contributed by atoms with Gasteiger partial charge in [-0.1, -0.05) is 42.4 Å². The number of hydrogen-bond acceptors (Lipinski definition) is 5. The Morgan fingerprint density at radius 3 is 2.81 bits per heavy atom. The van der Waals surface area contributed by atoms with E-state index >= 15 is 0 Å². The van der Waals surface area contributed by atoms with E-state index in [1.54, 1.807) is 12.1 Å². The molecule has 1 saturated carbocycles. The van der Waals surface area contributed by atoms with Crippen LogP contribution < -0.4 is 4.72 Å². The Morgan fingerprint density at radius 2 is 2.04 bits per heavy atom. The lowest BCUT2D eigenvalue weighted by molar-refractivity contribution is 0.384. The molecule has 7 heteroatoms. The van der Waals surface area contributed by atoms with Gasteiger partial charge in [0.2, 0.25) is 10.0 Å². The molecule has 0 aliphatic heterocycles. The average Bonchev–Trinajstić information content (AvgIpc) is 3.03.